The van der Waals surface area contributed by atoms with Crippen LogP contribution in [0, 0.1) is 13.8 Å². The van der Waals surface area contributed by atoms with Crippen molar-refractivity contribution < 1.29 is 4.79 Å². The molecule has 1 atom stereocenters. The summed E-state index contributed by atoms with van der Waals surface area (Å²) < 4.78 is 1.80. The number of aryl methyl sites for hydroxylation is 2. The van der Waals surface area contributed by atoms with Crippen molar-refractivity contribution in [2.45, 2.75) is 26.3 Å². The molecule has 32 heavy (non-hydrogen) atoms. The summed E-state index contributed by atoms with van der Waals surface area (Å²) in [7, 11) is 6.11. The second-order valence-electron chi connectivity index (χ2n) is 8.30. The Bertz CT molecular complexity index is 1250. The van der Waals surface area contributed by atoms with Crippen molar-refractivity contribution in [1.29, 1.82) is 0 Å². The number of fused-ring (bicyclic) bond motifs is 2. The Balaban J connectivity index is 0.000000165. The van der Waals surface area contributed by atoms with Crippen molar-refractivity contribution in [2.24, 2.45) is 0 Å². The van der Waals surface area contributed by atoms with E-state index in [2.05, 4.69) is 56.4 Å². The fraction of sp³-hybridized carbons (Fsp3) is 0.391. The number of anilines is 2. The van der Waals surface area contributed by atoms with Crippen LogP contribution in [0.2, 0.25) is 0 Å². The van der Waals surface area contributed by atoms with Gasteiger partial charge in [-0.25, -0.2) is 14.5 Å². The molecule has 1 saturated heterocycles. The van der Waals surface area contributed by atoms with Crippen LogP contribution >= 0.6 is 11.3 Å². The van der Waals surface area contributed by atoms with E-state index in [-0.39, 0.29) is 0 Å². The van der Waals surface area contributed by atoms with Crippen molar-refractivity contribution in [2.75, 3.05) is 44.4 Å². The predicted molar refractivity (Wildman–Crippen MR) is 131 cm³/mol. The van der Waals surface area contributed by atoms with Crippen LogP contribution in [0.5, 0.6) is 0 Å². The number of carbonyl (C=O) groups excluding carboxylic acids is 1. The molecule has 0 amide bonds. The molecule has 1 fully saturated rings. The third kappa shape index (κ3) is 4.58. The highest BCUT2D eigenvalue weighted by atomic mass is 32.1. The molecule has 1 aliphatic rings. The van der Waals surface area contributed by atoms with Gasteiger partial charge in [-0.3, -0.25) is 4.79 Å². The van der Waals surface area contributed by atoms with Gasteiger partial charge in [-0.1, -0.05) is 0 Å². The van der Waals surface area contributed by atoms with Crippen molar-refractivity contribution >= 4 is 45.1 Å². The first-order valence-corrected chi connectivity index (χ1v) is 11.5. The molecule has 4 aromatic heterocycles. The molecule has 0 bridgehead atoms. The molecular weight excluding hydrogens is 422 g/mol. The number of pyridine rings is 1. The van der Waals surface area contributed by atoms with Crippen LogP contribution in [0.3, 0.4) is 0 Å². The normalized spacial score (nSPS) is 15.9. The highest BCUT2D eigenvalue weighted by Gasteiger charge is 2.25. The summed E-state index contributed by atoms with van der Waals surface area (Å²) in [6, 6.07) is 8.61. The van der Waals surface area contributed by atoms with Crippen LogP contribution in [-0.2, 0) is 0 Å². The number of aldehydes is 1. The zero-order valence-corrected chi connectivity index (χ0v) is 20.0. The number of rotatable bonds is 4. The number of carbonyl (C=O) groups is 1. The number of imidazole rings is 1. The summed E-state index contributed by atoms with van der Waals surface area (Å²) in [5.74, 6) is 1.89. The maximum absolute atomic E-state index is 10.8. The van der Waals surface area contributed by atoms with Crippen molar-refractivity contribution in [3.8, 4) is 0 Å². The van der Waals surface area contributed by atoms with E-state index in [1.54, 1.807) is 4.52 Å². The largest absolute Gasteiger partial charge is 0.372 e. The predicted octanol–water partition coefficient (Wildman–Crippen LogP) is 3.64. The molecule has 5 heterocycles. The first-order chi connectivity index (χ1) is 15.4. The highest BCUT2D eigenvalue weighted by molar-refractivity contribution is 7.20. The number of likely N-dealkylation sites (N-methyl/N-ethyl adjacent to an activating group) is 1. The van der Waals surface area contributed by atoms with Gasteiger partial charge in [-0.05, 0) is 64.2 Å². The maximum Gasteiger partial charge on any atom is 0.160 e. The summed E-state index contributed by atoms with van der Waals surface area (Å²) in [6.07, 6.45) is 3.99. The highest BCUT2D eigenvalue weighted by Crippen LogP contribution is 2.27. The van der Waals surface area contributed by atoms with Crippen LogP contribution in [0.4, 0.5) is 11.6 Å². The lowest BCUT2D eigenvalue weighted by Gasteiger charge is -2.21. The molecule has 1 N–H and O–H groups in total. The minimum atomic E-state index is 0.603. The van der Waals surface area contributed by atoms with E-state index in [9.17, 15) is 4.79 Å². The summed E-state index contributed by atoms with van der Waals surface area (Å²) in [6.45, 7) is 6.07. The number of hydrogen-bond acceptors (Lipinski definition) is 8. The number of nitrogens with zero attached hydrogens (tertiary/aromatic N) is 6. The Kier molecular flexibility index (Phi) is 6.38. The van der Waals surface area contributed by atoms with E-state index >= 15 is 0 Å². The number of hydrogen-bond donors (Lipinski definition) is 1. The quantitative estimate of drug-likeness (QED) is 0.475. The average Bonchev–Trinajstić information content (AvgIpc) is 3.50. The Morgan fingerprint density at radius 1 is 1.22 bits per heavy atom. The van der Waals surface area contributed by atoms with Gasteiger partial charge in [0.25, 0.3) is 0 Å². The van der Waals surface area contributed by atoms with Gasteiger partial charge in [0, 0.05) is 31.6 Å². The van der Waals surface area contributed by atoms with E-state index in [1.807, 2.05) is 39.2 Å². The van der Waals surface area contributed by atoms with Gasteiger partial charge in [0.1, 0.15) is 16.5 Å². The monoisotopic (exact) mass is 451 g/mol. The summed E-state index contributed by atoms with van der Waals surface area (Å²) in [4.78, 5) is 26.1. The summed E-state index contributed by atoms with van der Waals surface area (Å²) in [5.41, 5.74) is 3.05. The second-order valence-corrected chi connectivity index (χ2v) is 9.36. The molecule has 5 rings (SSSR count). The number of nitrogens with one attached hydrogen (secondary N) is 1. The Morgan fingerprint density at radius 3 is 2.72 bits per heavy atom. The number of aromatic nitrogens is 4. The fourth-order valence-corrected chi connectivity index (χ4v) is 4.74. The van der Waals surface area contributed by atoms with Crippen molar-refractivity contribution in [3.05, 3.63) is 46.6 Å². The second kappa shape index (κ2) is 9.22. The molecule has 4 aromatic rings. The van der Waals surface area contributed by atoms with Gasteiger partial charge in [-0.15, -0.1) is 16.4 Å². The Hall–Kier alpha value is -3.04. The molecule has 0 aliphatic carbocycles. The van der Waals surface area contributed by atoms with Gasteiger partial charge in [0.05, 0.1) is 16.8 Å². The van der Waals surface area contributed by atoms with Gasteiger partial charge >= 0.3 is 0 Å². The minimum absolute atomic E-state index is 0.603. The van der Waals surface area contributed by atoms with Gasteiger partial charge in [-0.2, -0.15) is 0 Å². The summed E-state index contributed by atoms with van der Waals surface area (Å²) >= 11 is 1.46. The smallest absolute Gasteiger partial charge is 0.160 e. The van der Waals surface area contributed by atoms with Gasteiger partial charge in [0.15, 0.2) is 11.9 Å². The molecule has 0 aromatic carbocycles. The average molecular weight is 452 g/mol. The van der Waals surface area contributed by atoms with Crippen LogP contribution in [0.15, 0.2) is 30.5 Å². The first-order valence-electron chi connectivity index (χ1n) is 10.7. The summed E-state index contributed by atoms with van der Waals surface area (Å²) in [5, 5.41) is 8.38. The molecule has 8 nitrogen and oxygen atoms in total. The van der Waals surface area contributed by atoms with E-state index in [0.29, 0.717) is 6.04 Å². The van der Waals surface area contributed by atoms with E-state index in [4.69, 9.17) is 0 Å². The Morgan fingerprint density at radius 2 is 2.03 bits per heavy atom. The zero-order chi connectivity index (χ0) is 22.8. The van der Waals surface area contributed by atoms with Gasteiger partial charge < -0.3 is 15.1 Å². The standard InChI is InChI=1S/C14H17N3OS.C9H12N4/c1-16(2)11-5-6-17(8-11)13-4-3-10-7-12(9-18)19-14(10)15-13;1-6-4-8(10-3)12-13-5-7(2)11-9(6)13/h3-4,7,9,11H,5-6,8H2,1-2H3;4-5H,1-3H3,(H,10,12). The van der Waals surface area contributed by atoms with E-state index in [1.165, 1.54) is 17.8 Å². The van der Waals surface area contributed by atoms with Crippen molar-refractivity contribution in [1.82, 2.24) is 24.5 Å². The van der Waals surface area contributed by atoms with Gasteiger partial charge in [0.2, 0.25) is 0 Å². The topological polar surface area (TPSA) is 78.7 Å². The lowest BCUT2D eigenvalue weighted by atomic mass is 10.2. The minimum Gasteiger partial charge on any atom is -0.372 e. The SMILES string of the molecule is CN(C)C1CCN(c2ccc3cc(C=O)sc3n2)C1.CNc1cc(C)c2nc(C)cn2n1. The third-order valence-electron chi connectivity index (χ3n) is 5.71. The van der Waals surface area contributed by atoms with Crippen LogP contribution < -0.4 is 10.2 Å². The molecule has 0 saturated carbocycles. The van der Waals surface area contributed by atoms with Crippen molar-refractivity contribution in [3.63, 3.8) is 0 Å². The van der Waals surface area contributed by atoms with E-state index in [0.717, 1.165) is 63.0 Å². The maximum atomic E-state index is 10.8. The first kappa shape index (κ1) is 22.2. The fourth-order valence-electron chi connectivity index (χ4n) is 3.90. The number of thiophene rings is 1. The molecule has 0 spiro atoms. The molecule has 1 aliphatic heterocycles. The lowest BCUT2D eigenvalue weighted by molar-refractivity contribution is 0.112. The van der Waals surface area contributed by atoms with Crippen LogP contribution in [0.1, 0.15) is 27.3 Å². The van der Waals surface area contributed by atoms with E-state index < -0.39 is 0 Å². The molecule has 9 heteroatoms. The van der Waals surface area contributed by atoms with Crippen LogP contribution in [-0.4, -0.2) is 71.0 Å². The molecule has 1 unspecified atom stereocenters. The van der Waals surface area contributed by atoms with Crippen LogP contribution in [0.25, 0.3) is 15.9 Å². The Labute approximate surface area is 191 Å². The third-order valence-corrected chi connectivity index (χ3v) is 6.68. The lowest BCUT2D eigenvalue weighted by Crippen LogP contribution is -2.31. The molecule has 168 valence electrons. The molecular formula is C23H29N7OS. The zero-order valence-electron chi connectivity index (χ0n) is 19.2. The molecule has 0 radical (unpaired) electrons.